The first-order valence-electron chi connectivity index (χ1n) is 6.68. The first kappa shape index (κ1) is 14.7. The lowest BCUT2D eigenvalue weighted by Crippen LogP contribution is -2.08. The minimum absolute atomic E-state index is 0.712. The Kier molecular flexibility index (Phi) is 7.82. The molecule has 0 heterocycles. The summed E-state index contributed by atoms with van der Waals surface area (Å²) in [5, 5.41) is 0. The molecule has 0 aliphatic heterocycles. The predicted molar refractivity (Wildman–Crippen MR) is 71.1 cm³/mol. The molecular formula is C15H30. The van der Waals surface area contributed by atoms with Gasteiger partial charge in [0.2, 0.25) is 0 Å². The number of hydrogen-bond donors (Lipinski definition) is 0. The molecule has 0 rings (SSSR count). The van der Waals surface area contributed by atoms with E-state index in [1.807, 2.05) is 0 Å². The lowest BCUT2D eigenvalue weighted by atomic mass is 9.85. The van der Waals surface area contributed by atoms with Gasteiger partial charge in [0.05, 0.1) is 0 Å². The minimum Gasteiger partial charge on any atom is -0.0996 e. The zero-order chi connectivity index (χ0) is 11.8. The SMILES string of the molecule is C=C(CCC)C(C)CC(C)CC(C)CC. The van der Waals surface area contributed by atoms with Crippen LogP contribution in [-0.2, 0) is 0 Å². The van der Waals surface area contributed by atoms with Gasteiger partial charge in [-0.15, -0.1) is 0 Å². The maximum absolute atomic E-state index is 4.20. The van der Waals surface area contributed by atoms with Crippen LogP contribution in [0.1, 0.15) is 66.7 Å². The van der Waals surface area contributed by atoms with Crippen molar-refractivity contribution in [3.63, 3.8) is 0 Å². The van der Waals surface area contributed by atoms with E-state index in [4.69, 9.17) is 0 Å². The summed E-state index contributed by atoms with van der Waals surface area (Å²) in [5.74, 6) is 2.44. The van der Waals surface area contributed by atoms with Crippen molar-refractivity contribution < 1.29 is 0 Å². The Morgan fingerprint density at radius 1 is 1.00 bits per heavy atom. The van der Waals surface area contributed by atoms with E-state index in [1.165, 1.54) is 37.7 Å². The van der Waals surface area contributed by atoms with Gasteiger partial charge in [0.1, 0.15) is 0 Å². The van der Waals surface area contributed by atoms with Crippen LogP contribution in [0, 0.1) is 17.8 Å². The molecule has 0 spiro atoms. The van der Waals surface area contributed by atoms with E-state index in [2.05, 4.69) is 41.2 Å². The summed E-state index contributed by atoms with van der Waals surface area (Å²) >= 11 is 0. The highest BCUT2D eigenvalue weighted by Crippen LogP contribution is 2.26. The Hall–Kier alpha value is -0.260. The van der Waals surface area contributed by atoms with Gasteiger partial charge in [0, 0.05) is 0 Å². The van der Waals surface area contributed by atoms with Gasteiger partial charge in [-0.2, -0.15) is 0 Å². The maximum Gasteiger partial charge on any atom is -0.0232 e. The Morgan fingerprint density at radius 2 is 1.60 bits per heavy atom. The average molecular weight is 210 g/mol. The van der Waals surface area contributed by atoms with Gasteiger partial charge in [0.15, 0.2) is 0 Å². The Labute approximate surface area is 97.2 Å². The molecule has 0 saturated carbocycles. The summed E-state index contributed by atoms with van der Waals surface area (Å²) in [6, 6.07) is 0. The lowest BCUT2D eigenvalue weighted by molar-refractivity contribution is 0.354. The minimum atomic E-state index is 0.712. The van der Waals surface area contributed by atoms with Crippen molar-refractivity contribution in [3.05, 3.63) is 12.2 Å². The zero-order valence-electron chi connectivity index (χ0n) is 11.5. The van der Waals surface area contributed by atoms with Gasteiger partial charge in [-0.1, -0.05) is 59.6 Å². The van der Waals surface area contributed by atoms with E-state index in [-0.39, 0.29) is 0 Å². The second kappa shape index (κ2) is 7.96. The van der Waals surface area contributed by atoms with Crippen LogP contribution in [0.4, 0.5) is 0 Å². The summed E-state index contributed by atoms with van der Waals surface area (Å²) < 4.78 is 0. The summed E-state index contributed by atoms with van der Waals surface area (Å²) in [6.45, 7) is 15.8. The third-order valence-electron chi connectivity index (χ3n) is 3.53. The third kappa shape index (κ3) is 6.76. The molecule has 90 valence electrons. The summed E-state index contributed by atoms with van der Waals surface area (Å²) in [4.78, 5) is 0. The smallest absolute Gasteiger partial charge is 0.0232 e. The van der Waals surface area contributed by atoms with Gasteiger partial charge in [-0.05, 0) is 37.0 Å². The van der Waals surface area contributed by atoms with Crippen LogP contribution in [0.15, 0.2) is 12.2 Å². The topological polar surface area (TPSA) is 0 Å². The van der Waals surface area contributed by atoms with Gasteiger partial charge in [0.25, 0.3) is 0 Å². The molecule has 0 aromatic rings. The molecule has 0 aromatic heterocycles. The molecule has 0 saturated heterocycles. The Bertz CT molecular complexity index is 169. The maximum atomic E-state index is 4.20. The molecule has 3 unspecified atom stereocenters. The molecule has 15 heavy (non-hydrogen) atoms. The molecule has 0 nitrogen and oxygen atoms in total. The normalized spacial score (nSPS) is 17.1. The highest BCUT2D eigenvalue weighted by atomic mass is 14.2. The lowest BCUT2D eigenvalue weighted by Gasteiger charge is -2.21. The first-order valence-corrected chi connectivity index (χ1v) is 6.68. The second-order valence-electron chi connectivity index (χ2n) is 5.40. The first-order chi connectivity index (χ1) is 7.01. The fourth-order valence-corrected chi connectivity index (χ4v) is 2.29. The highest BCUT2D eigenvalue weighted by Gasteiger charge is 2.13. The molecule has 0 aliphatic carbocycles. The molecule has 0 fully saturated rings. The van der Waals surface area contributed by atoms with Crippen molar-refractivity contribution in [2.24, 2.45) is 17.8 Å². The monoisotopic (exact) mass is 210 g/mol. The molecule has 0 heteroatoms. The third-order valence-corrected chi connectivity index (χ3v) is 3.53. The summed E-state index contributed by atoms with van der Waals surface area (Å²) in [6.07, 6.45) is 6.46. The zero-order valence-corrected chi connectivity index (χ0v) is 11.5. The standard InChI is InChI=1S/C15H30/c1-7-9-14(5)15(6)11-13(4)10-12(3)8-2/h12-13,15H,5,7-11H2,1-4,6H3. The number of rotatable bonds is 8. The molecule has 0 amide bonds. The quantitative estimate of drug-likeness (QED) is 0.468. The summed E-state index contributed by atoms with van der Waals surface area (Å²) in [5.41, 5.74) is 1.45. The van der Waals surface area contributed by atoms with Crippen LogP contribution in [0.5, 0.6) is 0 Å². The molecular weight excluding hydrogens is 180 g/mol. The predicted octanol–water partition coefficient (Wildman–Crippen LogP) is 5.44. The van der Waals surface area contributed by atoms with Crippen molar-refractivity contribution in [2.45, 2.75) is 66.7 Å². The van der Waals surface area contributed by atoms with Gasteiger partial charge >= 0.3 is 0 Å². The van der Waals surface area contributed by atoms with Crippen molar-refractivity contribution in [1.29, 1.82) is 0 Å². The highest BCUT2D eigenvalue weighted by molar-refractivity contribution is 4.98. The molecule has 0 bridgehead atoms. The molecule has 0 aliphatic rings. The van der Waals surface area contributed by atoms with E-state index < -0.39 is 0 Å². The Balaban J connectivity index is 3.84. The van der Waals surface area contributed by atoms with Gasteiger partial charge in [-0.25, -0.2) is 0 Å². The van der Waals surface area contributed by atoms with Crippen LogP contribution in [0.25, 0.3) is 0 Å². The van der Waals surface area contributed by atoms with Crippen molar-refractivity contribution >= 4 is 0 Å². The second-order valence-corrected chi connectivity index (χ2v) is 5.40. The number of allylic oxidation sites excluding steroid dienone is 1. The number of hydrogen-bond acceptors (Lipinski definition) is 0. The molecule has 0 radical (unpaired) electrons. The van der Waals surface area contributed by atoms with Crippen LogP contribution < -0.4 is 0 Å². The Morgan fingerprint density at radius 3 is 2.07 bits per heavy atom. The van der Waals surface area contributed by atoms with Gasteiger partial charge < -0.3 is 0 Å². The van der Waals surface area contributed by atoms with Crippen molar-refractivity contribution in [2.75, 3.05) is 0 Å². The van der Waals surface area contributed by atoms with Crippen molar-refractivity contribution in [1.82, 2.24) is 0 Å². The summed E-state index contributed by atoms with van der Waals surface area (Å²) in [7, 11) is 0. The van der Waals surface area contributed by atoms with E-state index in [1.54, 1.807) is 0 Å². The van der Waals surface area contributed by atoms with E-state index in [0.29, 0.717) is 5.92 Å². The average Bonchev–Trinajstić information content (AvgIpc) is 2.17. The van der Waals surface area contributed by atoms with Crippen molar-refractivity contribution in [3.8, 4) is 0 Å². The van der Waals surface area contributed by atoms with E-state index >= 15 is 0 Å². The van der Waals surface area contributed by atoms with Gasteiger partial charge in [-0.3, -0.25) is 0 Å². The molecule has 0 N–H and O–H groups in total. The van der Waals surface area contributed by atoms with Crippen LogP contribution in [0.2, 0.25) is 0 Å². The van der Waals surface area contributed by atoms with E-state index in [9.17, 15) is 0 Å². The largest absolute Gasteiger partial charge is 0.0996 e. The fourth-order valence-electron chi connectivity index (χ4n) is 2.29. The fraction of sp³-hybridized carbons (Fsp3) is 0.867. The van der Waals surface area contributed by atoms with Crippen LogP contribution >= 0.6 is 0 Å². The molecule has 0 aromatic carbocycles. The van der Waals surface area contributed by atoms with Crippen LogP contribution in [-0.4, -0.2) is 0 Å². The van der Waals surface area contributed by atoms with Crippen LogP contribution in [0.3, 0.4) is 0 Å². The molecule has 3 atom stereocenters. The van der Waals surface area contributed by atoms with E-state index in [0.717, 1.165) is 11.8 Å².